The third-order valence-electron chi connectivity index (χ3n) is 7.54. The first-order valence-electron chi connectivity index (χ1n) is 14.2. The van der Waals surface area contributed by atoms with E-state index < -0.39 is 0 Å². The number of H-pyrrole nitrogens is 1. The zero-order chi connectivity index (χ0) is 29.7. The first kappa shape index (κ1) is 28.8. The molecule has 3 aromatic carbocycles. The molecule has 0 atom stereocenters. The topological polar surface area (TPSA) is 61.3 Å². The van der Waals surface area contributed by atoms with Crippen LogP contribution in [0.1, 0.15) is 84.6 Å². The van der Waals surface area contributed by atoms with Gasteiger partial charge in [-0.25, -0.2) is 4.98 Å². The second kappa shape index (κ2) is 10.3. The van der Waals surface area contributed by atoms with Gasteiger partial charge < -0.3 is 10.1 Å². The van der Waals surface area contributed by atoms with Gasteiger partial charge in [-0.2, -0.15) is 0 Å². The van der Waals surface area contributed by atoms with Crippen molar-refractivity contribution in [2.24, 2.45) is 4.99 Å². The van der Waals surface area contributed by atoms with E-state index in [1.165, 1.54) is 11.1 Å². The summed E-state index contributed by atoms with van der Waals surface area (Å²) in [6.07, 6.45) is 3.76. The van der Waals surface area contributed by atoms with E-state index in [-0.39, 0.29) is 22.0 Å². The number of phenolic OH excluding ortho intramolecular Hbond substituents is 1. The van der Waals surface area contributed by atoms with Crippen LogP contribution in [0.3, 0.4) is 0 Å². The van der Waals surface area contributed by atoms with Crippen molar-refractivity contribution < 1.29 is 5.11 Å². The third-order valence-corrected chi connectivity index (χ3v) is 8.58. The van der Waals surface area contributed by atoms with E-state index >= 15 is 0 Å². The first-order valence-corrected chi connectivity index (χ1v) is 15.0. The minimum absolute atomic E-state index is 0.0113. The maximum Gasteiger partial charge on any atom is 0.128 e. The highest BCUT2D eigenvalue weighted by Crippen LogP contribution is 2.42. The molecule has 0 saturated carbocycles. The summed E-state index contributed by atoms with van der Waals surface area (Å²) in [6.45, 7) is 19.7. The van der Waals surface area contributed by atoms with Gasteiger partial charge in [-0.3, -0.25) is 4.99 Å². The average Bonchev–Trinajstić information content (AvgIpc) is 3.56. The summed E-state index contributed by atoms with van der Waals surface area (Å²) in [4.78, 5) is 13.5. The number of nitrogens with one attached hydrogen (secondary N) is 1. The molecule has 0 amide bonds. The van der Waals surface area contributed by atoms with E-state index in [0.717, 1.165) is 48.9 Å². The van der Waals surface area contributed by atoms with Crippen LogP contribution in [0.4, 0.5) is 5.69 Å². The molecule has 2 heterocycles. The van der Waals surface area contributed by atoms with Crippen molar-refractivity contribution in [3.05, 3.63) is 89.1 Å². The number of para-hydroxylation sites is 1. The molecule has 4 nitrogen and oxygen atoms in total. The van der Waals surface area contributed by atoms with Crippen molar-refractivity contribution in [2.75, 3.05) is 0 Å². The summed E-state index contributed by atoms with van der Waals surface area (Å²) >= 11 is 1.69. The summed E-state index contributed by atoms with van der Waals surface area (Å²) in [5.74, 6) is 0.289. The Morgan fingerprint density at radius 2 is 1.46 bits per heavy atom. The van der Waals surface area contributed by atoms with Crippen molar-refractivity contribution in [1.29, 1.82) is 0 Å². The number of aromatic amines is 1. The number of phenols is 1. The van der Waals surface area contributed by atoms with Crippen molar-refractivity contribution in [3.8, 4) is 27.6 Å². The second-order valence-electron chi connectivity index (χ2n) is 14.0. The Balaban J connectivity index is 1.64. The second-order valence-corrected chi connectivity index (χ2v) is 15.0. The molecule has 0 aliphatic rings. The number of hydrogen-bond acceptors (Lipinski definition) is 4. The van der Waals surface area contributed by atoms with Gasteiger partial charge >= 0.3 is 0 Å². The number of rotatable bonds is 4. The number of thiazole rings is 1. The highest BCUT2D eigenvalue weighted by Gasteiger charge is 2.25. The Hall–Kier alpha value is -3.70. The largest absolute Gasteiger partial charge is 0.507 e. The minimum Gasteiger partial charge on any atom is -0.507 e. The van der Waals surface area contributed by atoms with Gasteiger partial charge in [0.25, 0.3) is 0 Å². The normalized spacial score (nSPS) is 13.0. The molecule has 2 N–H and O–H groups in total. The minimum atomic E-state index is -0.199. The monoisotopic (exact) mass is 563 g/mol. The molecule has 5 aromatic rings. The fraction of sp³-hybridized carbons (Fsp3) is 0.333. The Morgan fingerprint density at radius 1 is 0.780 bits per heavy atom. The Labute approximate surface area is 248 Å². The number of nitrogens with zero attached hydrogens (tertiary/aromatic N) is 2. The molecule has 0 aliphatic carbocycles. The third kappa shape index (κ3) is 5.87. The van der Waals surface area contributed by atoms with Crippen LogP contribution in [0, 0.1) is 0 Å². The van der Waals surface area contributed by atoms with Crippen LogP contribution in [0.25, 0.3) is 32.0 Å². The number of aromatic nitrogens is 2. The maximum atomic E-state index is 11.3. The summed E-state index contributed by atoms with van der Waals surface area (Å²) in [5.41, 5.74) is 8.82. The maximum absolute atomic E-state index is 11.3. The van der Waals surface area contributed by atoms with Crippen molar-refractivity contribution in [1.82, 2.24) is 9.97 Å². The molecule has 0 aliphatic heterocycles. The van der Waals surface area contributed by atoms with Gasteiger partial charge in [0.15, 0.2) is 0 Å². The fourth-order valence-electron chi connectivity index (χ4n) is 4.95. The number of aliphatic imine (C=N–C) groups is 1. The number of fused-ring (bicyclic) bond motifs is 1. The van der Waals surface area contributed by atoms with Gasteiger partial charge in [0.2, 0.25) is 0 Å². The van der Waals surface area contributed by atoms with Crippen LogP contribution in [0.2, 0.25) is 0 Å². The lowest BCUT2D eigenvalue weighted by atomic mass is 9.79. The molecular formula is C36H41N3OS. The predicted octanol–water partition coefficient (Wildman–Crippen LogP) is 10.3. The van der Waals surface area contributed by atoms with E-state index in [4.69, 9.17) is 9.98 Å². The van der Waals surface area contributed by atoms with E-state index in [2.05, 4.69) is 104 Å². The summed E-state index contributed by atoms with van der Waals surface area (Å²) in [7, 11) is 0. The Kier molecular flexibility index (Phi) is 7.23. The summed E-state index contributed by atoms with van der Waals surface area (Å²) in [5, 5.41) is 12.2. The standard InChI is InChI=1S/C36H41N3OS/c1-34(2,3)23-17-22(32(40)27(19-23)36(7,8)9)21-38-28-14-11-10-13-25(28)33-39-31-26(29-15-12-16-37-29)18-24(35(4,5)6)20-30(31)41-33/h10-21,37,40H,1-9H3. The zero-order valence-electron chi connectivity index (χ0n) is 25.7. The fourth-order valence-corrected chi connectivity index (χ4v) is 6.01. The molecule has 0 spiro atoms. The van der Waals surface area contributed by atoms with E-state index in [1.54, 1.807) is 17.6 Å². The average molecular weight is 564 g/mol. The number of hydrogen-bond donors (Lipinski definition) is 2. The van der Waals surface area contributed by atoms with Gasteiger partial charge in [-0.05, 0) is 69.8 Å². The lowest BCUT2D eigenvalue weighted by Crippen LogP contribution is -2.17. The molecule has 0 bridgehead atoms. The molecule has 2 aromatic heterocycles. The van der Waals surface area contributed by atoms with E-state index in [9.17, 15) is 5.11 Å². The van der Waals surface area contributed by atoms with Crippen molar-refractivity contribution >= 4 is 33.5 Å². The lowest BCUT2D eigenvalue weighted by molar-refractivity contribution is 0.444. The van der Waals surface area contributed by atoms with E-state index in [1.807, 2.05) is 30.5 Å². The van der Waals surface area contributed by atoms with E-state index in [0.29, 0.717) is 0 Å². The van der Waals surface area contributed by atoms with Crippen LogP contribution in [0.5, 0.6) is 5.75 Å². The predicted molar refractivity (Wildman–Crippen MR) is 176 cm³/mol. The summed E-state index contributed by atoms with van der Waals surface area (Å²) in [6, 6.07) is 21.0. The summed E-state index contributed by atoms with van der Waals surface area (Å²) < 4.78 is 1.15. The van der Waals surface area contributed by atoms with Crippen LogP contribution >= 0.6 is 11.3 Å². The highest BCUT2D eigenvalue weighted by molar-refractivity contribution is 7.21. The highest BCUT2D eigenvalue weighted by atomic mass is 32.1. The van der Waals surface area contributed by atoms with Crippen molar-refractivity contribution in [3.63, 3.8) is 0 Å². The number of benzene rings is 3. The molecule has 212 valence electrons. The van der Waals surface area contributed by atoms with Gasteiger partial charge in [0, 0.05) is 40.4 Å². The van der Waals surface area contributed by atoms with Gasteiger partial charge in [0.1, 0.15) is 10.8 Å². The van der Waals surface area contributed by atoms with Gasteiger partial charge in [-0.15, -0.1) is 11.3 Å². The SMILES string of the molecule is CC(C)(C)c1cc(C=Nc2ccccc2-c2nc3c(-c4ccc[nH]4)cc(C(C)(C)C)cc3s2)c(O)c(C(C)(C)C)c1. The number of aromatic hydroxyl groups is 1. The van der Waals surface area contributed by atoms with Gasteiger partial charge in [0.05, 0.1) is 15.9 Å². The zero-order valence-corrected chi connectivity index (χ0v) is 26.5. The van der Waals surface area contributed by atoms with Gasteiger partial charge in [-0.1, -0.05) is 80.5 Å². The Bertz CT molecular complexity index is 1740. The van der Waals surface area contributed by atoms with Crippen molar-refractivity contribution in [2.45, 2.75) is 78.6 Å². The van der Waals surface area contributed by atoms with Crippen LogP contribution < -0.4 is 0 Å². The molecule has 0 radical (unpaired) electrons. The first-order chi connectivity index (χ1) is 19.1. The molecule has 41 heavy (non-hydrogen) atoms. The Morgan fingerprint density at radius 3 is 2.10 bits per heavy atom. The lowest BCUT2D eigenvalue weighted by Gasteiger charge is -2.27. The van der Waals surface area contributed by atoms with Crippen LogP contribution in [-0.4, -0.2) is 21.3 Å². The smallest absolute Gasteiger partial charge is 0.128 e. The molecular weight excluding hydrogens is 522 g/mol. The quantitative estimate of drug-likeness (QED) is 0.214. The van der Waals surface area contributed by atoms with Crippen LogP contribution in [0.15, 0.2) is 71.9 Å². The molecule has 0 saturated heterocycles. The molecule has 0 unspecified atom stereocenters. The molecule has 0 fully saturated rings. The molecule has 5 heteroatoms. The molecule has 5 rings (SSSR count). The van der Waals surface area contributed by atoms with Crippen LogP contribution in [-0.2, 0) is 16.2 Å².